The van der Waals surface area contributed by atoms with Gasteiger partial charge in [-0.15, -0.1) is 0 Å². The SMILES string of the molecule is CN(C)[C@H]1C(=O)C(C(N)=O)=C(O)[C@@]2(O)C(=O)C3=C(O)c4c(O)ccc(C5=CC=C(CNCc6ccccc6)C5)c4C[C@H]3C[C@@H]12. The van der Waals surface area contributed by atoms with E-state index in [-0.39, 0.29) is 29.7 Å². The highest BCUT2D eigenvalue weighted by Crippen LogP contribution is 2.53. The third kappa shape index (κ3) is 4.49. The lowest BCUT2D eigenvalue weighted by atomic mass is 9.57. The second-order valence-electron chi connectivity index (χ2n) is 12.2. The Morgan fingerprint density at radius 3 is 2.45 bits per heavy atom. The zero-order valence-electron chi connectivity index (χ0n) is 24.5. The van der Waals surface area contributed by atoms with Gasteiger partial charge in [0.05, 0.1) is 11.6 Å². The summed E-state index contributed by atoms with van der Waals surface area (Å²) in [5, 5.41) is 48.6. The number of primary amides is 1. The first kappa shape index (κ1) is 29.6. The Balaban J connectivity index is 1.34. The molecule has 1 fully saturated rings. The van der Waals surface area contributed by atoms with Crippen LogP contribution in [0.2, 0.25) is 0 Å². The number of rotatable bonds is 7. The highest BCUT2D eigenvalue weighted by atomic mass is 16.3. The Kier molecular flexibility index (Phi) is 7.31. The summed E-state index contributed by atoms with van der Waals surface area (Å²) < 4.78 is 0. The van der Waals surface area contributed by atoms with Crippen molar-refractivity contribution in [1.29, 1.82) is 0 Å². The van der Waals surface area contributed by atoms with Crippen LogP contribution >= 0.6 is 0 Å². The summed E-state index contributed by atoms with van der Waals surface area (Å²) in [6, 6.07) is 12.2. The molecule has 6 rings (SSSR count). The van der Waals surface area contributed by atoms with Crippen LogP contribution < -0.4 is 11.1 Å². The van der Waals surface area contributed by atoms with Gasteiger partial charge in [0.15, 0.2) is 11.4 Å². The van der Waals surface area contributed by atoms with Crippen molar-refractivity contribution in [1.82, 2.24) is 10.2 Å². The molecule has 0 aromatic heterocycles. The van der Waals surface area contributed by atoms with E-state index >= 15 is 0 Å². The lowest BCUT2D eigenvalue weighted by Crippen LogP contribution is -2.65. The Labute approximate surface area is 254 Å². The summed E-state index contributed by atoms with van der Waals surface area (Å²) >= 11 is 0. The van der Waals surface area contributed by atoms with Crippen molar-refractivity contribution in [2.75, 3.05) is 20.6 Å². The molecule has 4 aliphatic rings. The fraction of sp³-hybridized carbons (Fsp3) is 0.324. The fourth-order valence-corrected chi connectivity index (χ4v) is 7.40. The van der Waals surface area contributed by atoms with Crippen LogP contribution in [-0.2, 0) is 27.3 Å². The molecule has 0 saturated heterocycles. The predicted molar refractivity (Wildman–Crippen MR) is 163 cm³/mol. The van der Waals surface area contributed by atoms with E-state index in [4.69, 9.17) is 5.73 Å². The molecule has 0 heterocycles. The van der Waals surface area contributed by atoms with E-state index < -0.39 is 58.0 Å². The number of amides is 1. The van der Waals surface area contributed by atoms with Gasteiger partial charge < -0.3 is 31.5 Å². The first-order valence-electron chi connectivity index (χ1n) is 14.6. The van der Waals surface area contributed by atoms with E-state index in [0.717, 1.165) is 17.7 Å². The number of aromatic hydroxyl groups is 1. The van der Waals surface area contributed by atoms with Crippen LogP contribution in [0.1, 0.15) is 35.1 Å². The van der Waals surface area contributed by atoms with E-state index in [2.05, 4.69) is 23.5 Å². The first-order valence-corrected chi connectivity index (χ1v) is 14.6. The van der Waals surface area contributed by atoms with Crippen LogP contribution in [0.25, 0.3) is 11.3 Å². The number of phenols is 1. The Morgan fingerprint density at radius 1 is 1.05 bits per heavy atom. The maximum absolute atomic E-state index is 14.0. The Morgan fingerprint density at radius 2 is 1.77 bits per heavy atom. The molecule has 0 bridgehead atoms. The summed E-state index contributed by atoms with van der Waals surface area (Å²) in [4.78, 5) is 41.0. The molecular formula is C34H35N3O7. The van der Waals surface area contributed by atoms with Crippen molar-refractivity contribution in [2.24, 2.45) is 17.6 Å². The van der Waals surface area contributed by atoms with Crippen molar-refractivity contribution in [3.05, 3.63) is 99.3 Å². The highest BCUT2D eigenvalue weighted by molar-refractivity contribution is 6.24. The third-order valence-electron chi connectivity index (χ3n) is 9.41. The standard InChI is InChI=1S/C34H35N3O7/c1-37(2)28-23-14-20-13-22-21(19-9-8-18(12-19)16-36-15-17-6-4-3-5-7-17)10-11-24(38)26(22)29(39)25(20)31(41)34(23,44)32(42)27(30(28)40)33(35)43/h3-11,20,23,28,36,38-39,42,44H,12-16H2,1-2H3,(H2,35,43)/t20-,23-,28+,34-/m0/s1. The number of phenolic OH excluding ortho intramolecular Hbond substituents is 1. The number of carbonyl (C=O) groups is 3. The van der Waals surface area contributed by atoms with Gasteiger partial charge in [0, 0.05) is 24.6 Å². The van der Waals surface area contributed by atoms with Gasteiger partial charge >= 0.3 is 0 Å². The quantitative estimate of drug-likeness (QED) is 0.262. The minimum absolute atomic E-state index is 0.0484. The molecule has 4 aliphatic carbocycles. The molecule has 10 nitrogen and oxygen atoms in total. The maximum atomic E-state index is 14.0. The van der Waals surface area contributed by atoms with Crippen molar-refractivity contribution < 1.29 is 34.8 Å². The molecule has 0 spiro atoms. The number of aliphatic hydroxyl groups is 3. The number of fused-ring (bicyclic) bond motifs is 3. The monoisotopic (exact) mass is 597 g/mol. The molecular weight excluding hydrogens is 562 g/mol. The number of hydrogen-bond donors (Lipinski definition) is 6. The summed E-state index contributed by atoms with van der Waals surface area (Å²) in [5.41, 5.74) is 6.69. The van der Waals surface area contributed by atoms with Crippen LogP contribution in [0, 0.1) is 11.8 Å². The summed E-state index contributed by atoms with van der Waals surface area (Å²) in [7, 11) is 3.16. The molecule has 1 amide bonds. The number of carbonyl (C=O) groups excluding carboxylic acids is 3. The smallest absolute Gasteiger partial charge is 0.255 e. The third-order valence-corrected chi connectivity index (χ3v) is 9.41. The molecule has 44 heavy (non-hydrogen) atoms. The number of benzene rings is 2. The van der Waals surface area contributed by atoms with E-state index in [1.165, 1.54) is 22.1 Å². The topological polar surface area (TPSA) is 173 Å². The van der Waals surface area contributed by atoms with E-state index in [0.29, 0.717) is 18.5 Å². The number of nitrogens with zero attached hydrogens (tertiary/aromatic N) is 1. The molecule has 228 valence electrons. The van der Waals surface area contributed by atoms with Gasteiger partial charge in [-0.2, -0.15) is 0 Å². The maximum Gasteiger partial charge on any atom is 0.255 e. The number of Topliss-reactive ketones (excluding diaryl/α,β-unsaturated/α-hetero) is 2. The van der Waals surface area contributed by atoms with Crippen LogP contribution in [0.3, 0.4) is 0 Å². The molecule has 2 aromatic carbocycles. The first-order chi connectivity index (χ1) is 20.9. The lowest BCUT2D eigenvalue weighted by molar-refractivity contribution is -0.153. The molecule has 2 aromatic rings. The number of hydrogen-bond acceptors (Lipinski definition) is 9. The minimum atomic E-state index is -2.66. The number of nitrogens with one attached hydrogen (secondary N) is 1. The normalized spacial score (nSPS) is 26.3. The number of nitrogens with two attached hydrogens (primary N) is 1. The van der Waals surface area contributed by atoms with Crippen LogP contribution in [-0.4, -0.2) is 75.1 Å². The van der Waals surface area contributed by atoms with Crippen LogP contribution in [0.4, 0.5) is 0 Å². The van der Waals surface area contributed by atoms with Gasteiger partial charge in [-0.25, -0.2) is 0 Å². The van der Waals surface area contributed by atoms with Crippen molar-refractivity contribution in [3.8, 4) is 5.75 Å². The number of aliphatic hydroxyl groups excluding tert-OH is 2. The lowest BCUT2D eigenvalue weighted by Gasteiger charge is -2.50. The summed E-state index contributed by atoms with van der Waals surface area (Å²) in [6.45, 7) is 1.42. The molecule has 0 unspecified atom stereocenters. The van der Waals surface area contributed by atoms with E-state index in [9.17, 15) is 34.8 Å². The molecule has 4 atom stereocenters. The second kappa shape index (κ2) is 10.9. The molecule has 0 aliphatic heterocycles. The van der Waals surface area contributed by atoms with Gasteiger partial charge in [-0.1, -0.05) is 54.1 Å². The van der Waals surface area contributed by atoms with Crippen LogP contribution in [0.5, 0.6) is 5.75 Å². The van der Waals surface area contributed by atoms with Crippen molar-refractivity contribution in [3.63, 3.8) is 0 Å². The van der Waals surface area contributed by atoms with Gasteiger partial charge in [0.25, 0.3) is 5.91 Å². The van der Waals surface area contributed by atoms with Crippen molar-refractivity contribution >= 4 is 28.8 Å². The molecule has 0 radical (unpaired) electrons. The van der Waals surface area contributed by atoms with Gasteiger partial charge in [-0.05, 0) is 67.6 Å². The average Bonchev–Trinajstić information content (AvgIpc) is 3.44. The second-order valence-corrected chi connectivity index (χ2v) is 12.2. The molecule has 1 saturated carbocycles. The fourth-order valence-electron chi connectivity index (χ4n) is 7.40. The van der Waals surface area contributed by atoms with Gasteiger partial charge in [0.2, 0.25) is 5.78 Å². The summed E-state index contributed by atoms with van der Waals surface area (Å²) in [6.07, 6.45) is 5.03. The number of allylic oxidation sites excluding steroid dienone is 3. The Bertz CT molecular complexity index is 1720. The largest absolute Gasteiger partial charge is 0.508 e. The predicted octanol–water partition coefficient (Wildman–Crippen LogP) is 2.47. The molecule has 10 heteroatoms. The minimum Gasteiger partial charge on any atom is -0.508 e. The van der Waals surface area contributed by atoms with Crippen molar-refractivity contribution in [2.45, 2.75) is 37.5 Å². The van der Waals surface area contributed by atoms with E-state index in [1.54, 1.807) is 20.2 Å². The van der Waals surface area contributed by atoms with Gasteiger partial charge in [0.1, 0.15) is 22.8 Å². The zero-order valence-corrected chi connectivity index (χ0v) is 24.5. The number of ketones is 2. The highest BCUT2D eigenvalue weighted by Gasteiger charge is 2.64. The summed E-state index contributed by atoms with van der Waals surface area (Å²) in [5.74, 6) is -6.60. The average molecular weight is 598 g/mol. The van der Waals surface area contributed by atoms with E-state index in [1.807, 2.05) is 24.3 Å². The van der Waals surface area contributed by atoms with Gasteiger partial charge in [-0.3, -0.25) is 19.3 Å². The zero-order chi connectivity index (χ0) is 31.5. The molecule has 7 N–H and O–H groups in total. The Hall–Kier alpha value is -4.51. The number of likely N-dealkylation sites (N-methyl/N-ethyl adjacent to an activating group) is 1. The van der Waals surface area contributed by atoms with Crippen LogP contribution in [0.15, 0.2) is 77.1 Å².